The fraction of sp³-hybridized carbons (Fsp3) is 0.538. The van der Waals surface area contributed by atoms with Crippen molar-refractivity contribution in [3.8, 4) is 5.75 Å². The summed E-state index contributed by atoms with van der Waals surface area (Å²) in [6.07, 6.45) is 1.01. The molecule has 1 aliphatic rings. The summed E-state index contributed by atoms with van der Waals surface area (Å²) in [5.74, 6) is 0.675. The largest absolute Gasteiger partial charge is 0.462 e. The molecule has 5 heteroatoms. The molecule has 18 heavy (non-hydrogen) atoms. The molecule has 0 aliphatic carbocycles. The predicted molar refractivity (Wildman–Crippen MR) is 76.8 cm³/mol. The maximum absolute atomic E-state index is 6.01. The van der Waals surface area contributed by atoms with Gasteiger partial charge in [-0.3, -0.25) is 0 Å². The molecular formula is C13H17Cl2O2Si. The van der Waals surface area contributed by atoms with Gasteiger partial charge in [0.1, 0.15) is 5.75 Å². The van der Waals surface area contributed by atoms with E-state index in [1.165, 1.54) is 0 Å². The van der Waals surface area contributed by atoms with Gasteiger partial charge in [-0.15, -0.1) is 22.2 Å². The molecule has 2 nitrogen and oxygen atoms in total. The van der Waals surface area contributed by atoms with Crippen molar-refractivity contribution in [3.05, 3.63) is 23.8 Å². The van der Waals surface area contributed by atoms with Gasteiger partial charge in [-0.2, -0.15) is 0 Å². The van der Waals surface area contributed by atoms with Gasteiger partial charge in [0, 0.05) is 18.4 Å². The van der Waals surface area contributed by atoms with Crippen molar-refractivity contribution in [2.75, 3.05) is 0 Å². The average Bonchev–Trinajstić information content (AvgIpc) is 2.36. The molecule has 0 saturated carbocycles. The van der Waals surface area contributed by atoms with Crippen LogP contribution in [0.4, 0.5) is 0 Å². The summed E-state index contributed by atoms with van der Waals surface area (Å²) in [6.45, 7) is 6.82. The summed E-state index contributed by atoms with van der Waals surface area (Å²) in [6, 6.07) is 5.87. The van der Waals surface area contributed by atoms with Gasteiger partial charge in [0.05, 0.1) is 6.61 Å². The zero-order valence-corrected chi connectivity index (χ0v) is 13.3. The fourth-order valence-corrected chi connectivity index (χ4v) is 3.19. The molecule has 1 aromatic carbocycles. The van der Waals surface area contributed by atoms with E-state index in [1.54, 1.807) is 0 Å². The molecule has 0 N–H and O–H groups in total. The first-order valence-corrected chi connectivity index (χ1v) is 9.63. The van der Waals surface area contributed by atoms with Gasteiger partial charge >= 0.3 is 7.42 Å². The van der Waals surface area contributed by atoms with E-state index in [9.17, 15) is 0 Å². The predicted octanol–water partition coefficient (Wildman–Crippen LogP) is 3.53. The van der Waals surface area contributed by atoms with Gasteiger partial charge in [-0.05, 0) is 17.7 Å². The van der Waals surface area contributed by atoms with Crippen molar-refractivity contribution in [1.29, 1.82) is 0 Å². The highest BCUT2D eigenvalue weighted by atomic mass is 35.7. The third-order valence-electron chi connectivity index (χ3n) is 3.61. The van der Waals surface area contributed by atoms with Gasteiger partial charge in [-0.1, -0.05) is 26.0 Å². The molecule has 1 radical (unpaired) electrons. The minimum absolute atomic E-state index is 0.339. The first-order chi connectivity index (χ1) is 8.46. The van der Waals surface area contributed by atoms with Gasteiger partial charge in [0.15, 0.2) is 0 Å². The summed E-state index contributed by atoms with van der Waals surface area (Å²) in [7, 11) is -1.46. The van der Waals surface area contributed by atoms with Crippen molar-refractivity contribution >= 4 is 34.8 Å². The quantitative estimate of drug-likeness (QED) is 0.628. The summed E-state index contributed by atoms with van der Waals surface area (Å²) in [5.41, 5.74) is 1.03. The Kier molecular flexibility index (Phi) is 4.27. The molecule has 1 aliphatic heterocycles. The van der Waals surface area contributed by atoms with E-state index in [1.807, 2.05) is 25.1 Å². The molecular weight excluding hydrogens is 287 g/mol. The van der Waals surface area contributed by atoms with E-state index in [-0.39, 0.29) is 0 Å². The molecule has 2 atom stereocenters. The molecule has 1 heterocycles. The van der Waals surface area contributed by atoms with Gasteiger partial charge in [0.25, 0.3) is 0 Å². The molecule has 0 aromatic heterocycles. The first kappa shape index (κ1) is 14.2. The van der Waals surface area contributed by atoms with Crippen LogP contribution in [0.2, 0.25) is 0 Å². The van der Waals surface area contributed by atoms with Gasteiger partial charge < -0.3 is 9.47 Å². The molecule has 0 spiro atoms. The maximum Gasteiger partial charge on any atom is 0.307 e. The van der Waals surface area contributed by atoms with Crippen molar-refractivity contribution in [3.63, 3.8) is 0 Å². The lowest BCUT2D eigenvalue weighted by Gasteiger charge is -2.39. The highest BCUT2D eigenvalue weighted by Crippen LogP contribution is 2.36. The Morgan fingerprint density at radius 1 is 1.44 bits per heavy atom. The second kappa shape index (κ2) is 5.41. The van der Waals surface area contributed by atoms with Crippen LogP contribution in [-0.4, -0.2) is 13.2 Å². The average molecular weight is 304 g/mol. The Morgan fingerprint density at radius 3 is 2.78 bits per heavy atom. The lowest BCUT2D eigenvalue weighted by Crippen LogP contribution is -2.44. The van der Waals surface area contributed by atoms with Crippen molar-refractivity contribution in [2.45, 2.75) is 39.6 Å². The Morgan fingerprint density at radius 2 is 2.17 bits per heavy atom. The molecule has 99 valence electrons. The van der Waals surface area contributed by atoms with Crippen molar-refractivity contribution < 1.29 is 9.47 Å². The Balaban J connectivity index is 2.26. The number of fused-ring (bicyclic) bond motifs is 1. The number of hydrogen-bond acceptors (Lipinski definition) is 2. The molecule has 1 aromatic rings. The highest BCUT2D eigenvalue weighted by molar-refractivity contribution is 7.39. The fourth-order valence-electron chi connectivity index (χ4n) is 1.99. The van der Waals surface area contributed by atoms with E-state index in [4.69, 9.17) is 31.6 Å². The van der Waals surface area contributed by atoms with Crippen molar-refractivity contribution in [2.24, 2.45) is 5.92 Å². The molecule has 2 unspecified atom stereocenters. The van der Waals surface area contributed by atoms with E-state index >= 15 is 0 Å². The zero-order valence-electron chi connectivity index (χ0n) is 10.8. The van der Waals surface area contributed by atoms with E-state index in [0.717, 1.165) is 22.9 Å². The van der Waals surface area contributed by atoms with Crippen molar-refractivity contribution in [1.82, 2.24) is 0 Å². The standard InChI is InChI=1S/C13H17Cl2O2Si/c1-4-9(2)13(3)16-8-10-7-11(18(14)15)5-6-12(10)17-13/h5-7,9H,4,8H2,1-3H3. The van der Waals surface area contributed by atoms with Crippen LogP contribution in [0.5, 0.6) is 5.75 Å². The summed E-state index contributed by atoms with van der Waals surface area (Å²) in [4.78, 5) is 0. The third kappa shape index (κ3) is 2.69. The van der Waals surface area contributed by atoms with Crippen LogP contribution in [-0.2, 0) is 11.3 Å². The minimum atomic E-state index is -1.46. The molecule has 2 rings (SSSR count). The van der Waals surface area contributed by atoms with Crippen LogP contribution in [0.3, 0.4) is 0 Å². The van der Waals surface area contributed by atoms with Crippen LogP contribution in [0.25, 0.3) is 0 Å². The monoisotopic (exact) mass is 303 g/mol. The van der Waals surface area contributed by atoms with E-state index in [2.05, 4.69) is 13.8 Å². The number of halogens is 2. The third-order valence-corrected chi connectivity index (χ3v) is 5.67. The van der Waals surface area contributed by atoms with Crippen LogP contribution < -0.4 is 9.92 Å². The molecule has 0 bridgehead atoms. The SMILES string of the molecule is CCC(C)C1(C)OCc2cc([Si](Cl)Cl)ccc2O1. The lowest BCUT2D eigenvalue weighted by atomic mass is 9.98. The Bertz CT molecular complexity index is 439. The maximum atomic E-state index is 6.01. The number of hydrogen-bond donors (Lipinski definition) is 0. The number of benzene rings is 1. The summed E-state index contributed by atoms with van der Waals surface area (Å²) in [5, 5.41) is 0.974. The van der Waals surface area contributed by atoms with Crippen LogP contribution in [0.1, 0.15) is 32.8 Å². The first-order valence-electron chi connectivity index (χ1n) is 6.10. The van der Waals surface area contributed by atoms with E-state index < -0.39 is 13.2 Å². The van der Waals surface area contributed by atoms with Gasteiger partial charge in [-0.25, -0.2) is 0 Å². The van der Waals surface area contributed by atoms with Gasteiger partial charge in [0.2, 0.25) is 5.79 Å². The smallest absolute Gasteiger partial charge is 0.307 e. The Hall–Kier alpha value is -0.223. The highest BCUT2D eigenvalue weighted by Gasteiger charge is 2.37. The normalized spacial score (nSPS) is 24.6. The zero-order chi connectivity index (χ0) is 13.3. The summed E-state index contributed by atoms with van der Waals surface area (Å²) < 4.78 is 11.9. The summed E-state index contributed by atoms with van der Waals surface area (Å²) >= 11 is 11.9. The minimum Gasteiger partial charge on any atom is -0.462 e. The van der Waals surface area contributed by atoms with Crippen LogP contribution in [0, 0.1) is 5.92 Å². The molecule has 0 amide bonds. The lowest BCUT2D eigenvalue weighted by molar-refractivity contribution is -0.223. The topological polar surface area (TPSA) is 18.5 Å². The van der Waals surface area contributed by atoms with E-state index in [0.29, 0.717) is 12.5 Å². The van der Waals surface area contributed by atoms with Crippen LogP contribution in [0.15, 0.2) is 18.2 Å². The Labute approximate surface area is 119 Å². The van der Waals surface area contributed by atoms with Crippen LogP contribution >= 0.6 is 22.2 Å². The number of rotatable bonds is 3. The molecule has 0 fully saturated rings. The second-order valence-electron chi connectivity index (χ2n) is 4.80. The second-order valence-corrected chi connectivity index (χ2v) is 8.75. The number of ether oxygens (including phenoxy) is 2. The molecule has 0 saturated heterocycles.